The number of hydrogen-bond donors (Lipinski definition) is 2. The molecule has 4 nitrogen and oxygen atoms in total. The van der Waals surface area contributed by atoms with Crippen LogP contribution in [0, 0.1) is 0 Å². The Bertz CT molecular complexity index is 455. The summed E-state index contributed by atoms with van der Waals surface area (Å²) < 4.78 is 11.7. The number of aliphatic hydroxyl groups is 1. The zero-order valence-electron chi connectivity index (χ0n) is 11.9. The summed E-state index contributed by atoms with van der Waals surface area (Å²) in [6, 6.07) is 5.96. The Hall–Kier alpha value is -1.26. The minimum Gasteiger partial charge on any atom is -0.490 e. The Morgan fingerprint density at radius 3 is 2.89 bits per heavy atom. The van der Waals surface area contributed by atoms with E-state index in [4.69, 9.17) is 20.3 Å². The molecule has 1 aliphatic rings. The maximum Gasteiger partial charge on any atom is 0.165 e. The van der Waals surface area contributed by atoms with E-state index in [1.165, 1.54) is 5.56 Å². The number of benzene rings is 1. The molecule has 1 aliphatic heterocycles. The van der Waals surface area contributed by atoms with E-state index < -0.39 is 5.54 Å². The Morgan fingerprint density at radius 1 is 1.47 bits per heavy atom. The highest BCUT2D eigenvalue weighted by atomic mass is 16.5. The molecule has 0 fully saturated rings. The largest absolute Gasteiger partial charge is 0.490 e. The SMILES string of the molecule is CC(N)(CO)CCOc1cccc2c1OC(C)(C)C2. The third-order valence-corrected chi connectivity index (χ3v) is 3.35. The molecule has 1 heterocycles. The normalized spacial score (nSPS) is 19.4. The third kappa shape index (κ3) is 3.39. The molecule has 0 saturated heterocycles. The minimum absolute atomic E-state index is 0.0488. The van der Waals surface area contributed by atoms with Crippen molar-refractivity contribution in [3.63, 3.8) is 0 Å². The highest BCUT2D eigenvalue weighted by molar-refractivity contribution is 5.50. The molecule has 0 saturated carbocycles. The first-order valence-corrected chi connectivity index (χ1v) is 6.66. The van der Waals surface area contributed by atoms with Crippen LogP contribution in [0.15, 0.2) is 18.2 Å². The van der Waals surface area contributed by atoms with Gasteiger partial charge in [0.15, 0.2) is 11.5 Å². The number of fused-ring (bicyclic) bond motifs is 1. The number of ether oxygens (including phenoxy) is 2. The molecule has 1 aromatic rings. The lowest BCUT2D eigenvalue weighted by atomic mass is 10.0. The fraction of sp³-hybridized carbons (Fsp3) is 0.600. The third-order valence-electron chi connectivity index (χ3n) is 3.35. The molecule has 0 aromatic heterocycles. The van der Waals surface area contributed by atoms with Gasteiger partial charge >= 0.3 is 0 Å². The van der Waals surface area contributed by atoms with Crippen molar-refractivity contribution >= 4 is 0 Å². The summed E-state index contributed by atoms with van der Waals surface area (Å²) in [6.45, 7) is 6.37. The first-order chi connectivity index (χ1) is 8.83. The summed E-state index contributed by atoms with van der Waals surface area (Å²) in [4.78, 5) is 0. The van der Waals surface area contributed by atoms with Gasteiger partial charge in [-0.2, -0.15) is 0 Å². The van der Waals surface area contributed by atoms with Gasteiger partial charge in [-0.25, -0.2) is 0 Å². The van der Waals surface area contributed by atoms with Crippen molar-refractivity contribution in [2.45, 2.75) is 44.8 Å². The summed E-state index contributed by atoms with van der Waals surface area (Å²) in [5.74, 6) is 1.60. The van der Waals surface area contributed by atoms with Crippen molar-refractivity contribution in [3.8, 4) is 11.5 Å². The van der Waals surface area contributed by atoms with Crippen LogP contribution in [0.4, 0.5) is 0 Å². The van der Waals surface area contributed by atoms with Crippen molar-refractivity contribution in [1.29, 1.82) is 0 Å². The summed E-state index contributed by atoms with van der Waals surface area (Å²) in [5, 5.41) is 9.11. The van der Waals surface area contributed by atoms with Crippen LogP contribution in [0.2, 0.25) is 0 Å². The van der Waals surface area contributed by atoms with Gasteiger partial charge in [0.2, 0.25) is 0 Å². The van der Waals surface area contributed by atoms with Crippen LogP contribution in [0.1, 0.15) is 32.8 Å². The molecule has 1 unspecified atom stereocenters. The van der Waals surface area contributed by atoms with Crippen LogP contribution in [-0.2, 0) is 6.42 Å². The second-order valence-electron chi connectivity index (χ2n) is 6.19. The molecule has 2 rings (SSSR count). The standard InChI is InChI=1S/C15H23NO3/c1-14(2)9-11-5-4-6-12(13(11)19-14)18-8-7-15(3,16)10-17/h4-6,17H,7-10,16H2,1-3H3. The number of nitrogens with two attached hydrogens (primary N) is 1. The van der Waals surface area contributed by atoms with E-state index in [1.54, 1.807) is 0 Å². The van der Waals surface area contributed by atoms with Gasteiger partial charge in [0, 0.05) is 23.9 Å². The van der Waals surface area contributed by atoms with E-state index in [2.05, 4.69) is 19.9 Å². The summed E-state index contributed by atoms with van der Waals surface area (Å²) >= 11 is 0. The Labute approximate surface area is 114 Å². The van der Waals surface area contributed by atoms with E-state index in [-0.39, 0.29) is 12.2 Å². The van der Waals surface area contributed by atoms with Gasteiger partial charge in [-0.15, -0.1) is 0 Å². The van der Waals surface area contributed by atoms with Crippen LogP contribution in [0.25, 0.3) is 0 Å². The van der Waals surface area contributed by atoms with E-state index >= 15 is 0 Å². The van der Waals surface area contributed by atoms with Gasteiger partial charge < -0.3 is 20.3 Å². The molecule has 106 valence electrons. The average molecular weight is 265 g/mol. The molecule has 19 heavy (non-hydrogen) atoms. The first kappa shape index (κ1) is 14.2. The maximum atomic E-state index is 9.11. The monoisotopic (exact) mass is 265 g/mol. The predicted octanol–water partition coefficient (Wildman–Crippen LogP) is 1.88. The molecular weight excluding hydrogens is 242 g/mol. The van der Waals surface area contributed by atoms with E-state index in [0.29, 0.717) is 13.0 Å². The van der Waals surface area contributed by atoms with E-state index in [0.717, 1.165) is 17.9 Å². The summed E-state index contributed by atoms with van der Waals surface area (Å²) in [7, 11) is 0. The zero-order valence-corrected chi connectivity index (χ0v) is 11.9. The van der Waals surface area contributed by atoms with Gasteiger partial charge in [-0.1, -0.05) is 12.1 Å². The van der Waals surface area contributed by atoms with Gasteiger partial charge in [0.1, 0.15) is 5.60 Å². The highest BCUT2D eigenvalue weighted by Gasteiger charge is 2.32. The molecule has 0 spiro atoms. The van der Waals surface area contributed by atoms with Crippen LogP contribution < -0.4 is 15.2 Å². The predicted molar refractivity (Wildman–Crippen MR) is 74.6 cm³/mol. The van der Waals surface area contributed by atoms with Crippen molar-refractivity contribution in [2.75, 3.05) is 13.2 Å². The fourth-order valence-electron chi connectivity index (χ4n) is 2.17. The molecule has 1 atom stereocenters. The number of para-hydroxylation sites is 1. The number of rotatable bonds is 5. The van der Waals surface area contributed by atoms with E-state index in [9.17, 15) is 0 Å². The smallest absolute Gasteiger partial charge is 0.165 e. The average Bonchev–Trinajstić information content (AvgIpc) is 2.64. The second-order valence-corrected chi connectivity index (χ2v) is 6.19. The molecule has 0 bridgehead atoms. The lowest BCUT2D eigenvalue weighted by Crippen LogP contribution is -2.41. The Morgan fingerprint density at radius 2 is 2.21 bits per heavy atom. The Kier molecular flexibility index (Phi) is 3.74. The lowest BCUT2D eigenvalue weighted by molar-refractivity contribution is 0.129. The second kappa shape index (κ2) is 5.02. The number of aliphatic hydroxyl groups excluding tert-OH is 1. The Balaban J connectivity index is 2.02. The molecule has 0 amide bonds. The van der Waals surface area contributed by atoms with Crippen LogP contribution in [0.5, 0.6) is 11.5 Å². The first-order valence-electron chi connectivity index (χ1n) is 6.66. The molecule has 0 aliphatic carbocycles. The topological polar surface area (TPSA) is 64.7 Å². The van der Waals surface area contributed by atoms with Crippen LogP contribution in [0.3, 0.4) is 0 Å². The van der Waals surface area contributed by atoms with Gasteiger partial charge in [0.25, 0.3) is 0 Å². The highest BCUT2D eigenvalue weighted by Crippen LogP contribution is 2.41. The molecule has 1 aromatic carbocycles. The quantitative estimate of drug-likeness (QED) is 0.853. The van der Waals surface area contributed by atoms with Gasteiger partial charge in [-0.3, -0.25) is 0 Å². The molecular formula is C15H23NO3. The van der Waals surface area contributed by atoms with Crippen molar-refractivity contribution < 1.29 is 14.6 Å². The lowest BCUT2D eigenvalue weighted by Gasteiger charge is -2.22. The minimum atomic E-state index is -0.599. The molecule has 4 heteroatoms. The zero-order chi connectivity index (χ0) is 14.1. The van der Waals surface area contributed by atoms with Crippen LogP contribution in [-0.4, -0.2) is 29.5 Å². The molecule has 0 radical (unpaired) electrons. The van der Waals surface area contributed by atoms with Crippen molar-refractivity contribution in [3.05, 3.63) is 23.8 Å². The molecule has 3 N–H and O–H groups in total. The van der Waals surface area contributed by atoms with Crippen molar-refractivity contribution in [1.82, 2.24) is 0 Å². The van der Waals surface area contributed by atoms with Crippen LogP contribution >= 0.6 is 0 Å². The van der Waals surface area contributed by atoms with Gasteiger partial charge in [-0.05, 0) is 26.8 Å². The summed E-state index contributed by atoms with van der Waals surface area (Å²) in [6.07, 6.45) is 1.49. The number of hydrogen-bond acceptors (Lipinski definition) is 4. The maximum absolute atomic E-state index is 9.11. The summed E-state index contributed by atoms with van der Waals surface area (Å²) in [5.41, 5.74) is 6.29. The van der Waals surface area contributed by atoms with Gasteiger partial charge in [0.05, 0.1) is 13.2 Å². The van der Waals surface area contributed by atoms with E-state index in [1.807, 2.05) is 19.1 Å². The van der Waals surface area contributed by atoms with Crippen molar-refractivity contribution in [2.24, 2.45) is 5.73 Å². The fourth-order valence-corrected chi connectivity index (χ4v) is 2.17.